The monoisotopic (exact) mass is 430 g/mol. The fourth-order valence-corrected chi connectivity index (χ4v) is 3.95. The Bertz CT molecular complexity index is 1250. The smallest absolute Gasteiger partial charge is 0.335 e. The van der Waals surface area contributed by atoms with Gasteiger partial charge in [-0.05, 0) is 71.8 Å². The van der Waals surface area contributed by atoms with E-state index in [0.29, 0.717) is 24.7 Å². The molecule has 0 aromatic heterocycles. The molecule has 0 heterocycles. The predicted octanol–water partition coefficient (Wildman–Crippen LogP) is 5.85. The van der Waals surface area contributed by atoms with E-state index in [2.05, 4.69) is 0 Å². The van der Waals surface area contributed by atoms with Crippen LogP contribution in [0.4, 0.5) is 0 Å². The molecule has 0 saturated carbocycles. The first-order valence-electron chi connectivity index (χ1n) is 10.3. The highest BCUT2D eigenvalue weighted by Gasteiger charge is 2.20. The lowest BCUT2D eigenvalue weighted by Crippen LogP contribution is -2.01. The van der Waals surface area contributed by atoms with Crippen LogP contribution in [0, 0.1) is 0 Å². The van der Waals surface area contributed by atoms with Gasteiger partial charge < -0.3 is 19.7 Å². The number of hydrogen-bond donors (Lipinski definition) is 2. The van der Waals surface area contributed by atoms with Gasteiger partial charge in [0.25, 0.3) is 0 Å². The Kier molecular flexibility index (Phi) is 5.69. The third-order valence-corrected chi connectivity index (χ3v) is 5.31. The van der Waals surface area contributed by atoms with Crippen molar-refractivity contribution in [2.75, 3.05) is 13.2 Å². The van der Waals surface area contributed by atoms with E-state index in [0.717, 1.165) is 32.7 Å². The molecule has 0 unspecified atom stereocenters. The third-order valence-electron chi connectivity index (χ3n) is 5.31. The number of fused-ring (bicyclic) bond motifs is 2. The molecule has 0 spiro atoms. The lowest BCUT2D eigenvalue weighted by atomic mass is 9.91. The molecular formula is C26H22O6. The standard InChI is InChI=1S/C26H22O6/c1-3-31-21-11-7-15-13-17(25(27)28)5-9-19(15)23(21)24-20-10-6-18(26(29)30)14-16(20)8-12-22(24)32-4-2/h5-14H,3-4H2,1-2H3,(H,27,28)(H,29,30). The molecule has 0 aliphatic carbocycles. The van der Waals surface area contributed by atoms with E-state index >= 15 is 0 Å². The molecular weight excluding hydrogens is 408 g/mol. The van der Waals surface area contributed by atoms with Gasteiger partial charge in [0.1, 0.15) is 11.5 Å². The second kappa shape index (κ2) is 8.59. The molecule has 162 valence electrons. The van der Waals surface area contributed by atoms with Gasteiger partial charge in [-0.3, -0.25) is 0 Å². The third kappa shape index (κ3) is 3.71. The molecule has 0 radical (unpaired) electrons. The van der Waals surface area contributed by atoms with Gasteiger partial charge in [-0.15, -0.1) is 0 Å². The predicted molar refractivity (Wildman–Crippen MR) is 123 cm³/mol. The summed E-state index contributed by atoms with van der Waals surface area (Å²) in [6.07, 6.45) is 0. The van der Waals surface area contributed by atoms with Crippen LogP contribution in [0.25, 0.3) is 32.7 Å². The molecule has 0 saturated heterocycles. The average Bonchev–Trinajstić information content (AvgIpc) is 2.78. The maximum absolute atomic E-state index is 11.5. The first kappa shape index (κ1) is 21.2. The summed E-state index contributed by atoms with van der Waals surface area (Å²) in [5, 5.41) is 21.9. The average molecular weight is 430 g/mol. The molecule has 4 aromatic rings. The zero-order valence-corrected chi connectivity index (χ0v) is 17.7. The Labute approximate surface area is 184 Å². The summed E-state index contributed by atoms with van der Waals surface area (Å²) < 4.78 is 11.9. The lowest BCUT2D eigenvalue weighted by Gasteiger charge is -2.19. The zero-order chi connectivity index (χ0) is 22.8. The molecule has 0 atom stereocenters. The van der Waals surface area contributed by atoms with Crippen molar-refractivity contribution in [1.82, 2.24) is 0 Å². The molecule has 0 aliphatic heterocycles. The van der Waals surface area contributed by atoms with Crippen molar-refractivity contribution in [2.45, 2.75) is 13.8 Å². The maximum Gasteiger partial charge on any atom is 0.335 e. The van der Waals surface area contributed by atoms with Crippen molar-refractivity contribution in [1.29, 1.82) is 0 Å². The zero-order valence-electron chi connectivity index (χ0n) is 17.7. The van der Waals surface area contributed by atoms with Crippen molar-refractivity contribution in [3.05, 3.63) is 71.8 Å². The Balaban J connectivity index is 2.12. The minimum atomic E-state index is -0.997. The number of benzene rings is 4. The Morgan fingerprint density at radius 1 is 0.656 bits per heavy atom. The largest absolute Gasteiger partial charge is 0.493 e. The van der Waals surface area contributed by atoms with Gasteiger partial charge in [0.2, 0.25) is 0 Å². The summed E-state index contributed by atoms with van der Waals surface area (Å²) >= 11 is 0. The number of carboxylic acid groups (broad SMARTS) is 2. The fraction of sp³-hybridized carbons (Fsp3) is 0.154. The second-order valence-electron chi connectivity index (χ2n) is 7.23. The molecule has 32 heavy (non-hydrogen) atoms. The quantitative estimate of drug-likeness (QED) is 0.382. The lowest BCUT2D eigenvalue weighted by molar-refractivity contribution is 0.0686. The van der Waals surface area contributed by atoms with Crippen molar-refractivity contribution in [3.63, 3.8) is 0 Å². The van der Waals surface area contributed by atoms with Crippen LogP contribution in [0.3, 0.4) is 0 Å². The molecule has 0 fully saturated rings. The molecule has 0 amide bonds. The molecule has 0 bridgehead atoms. The number of carbonyl (C=O) groups is 2. The van der Waals surface area contributed by atoms with Gasteiger partial charge in [0, 0.05) is 11.1 Å². The molecule has 6 heteroatoms. The normalized spacial score (nSPS) is 10.9. The van der Waals surface area contributed by atoms with Crippen LogP contribution in [0.15, 0.2) is 60.7 Å². The van der Waals surface area contributed by atoms with Crippen LogP contribution in [-0.2, 0) is 0 Å². The van der Waals surface area contributed by atoms with Gasteiger partial charge >= 0.3 is 11.9 Å². The summed E-state index contributed by atoms with van der Waals surface area (Å²) in [6.45, 7) is 4.69. The number of carboxylic acids is 2. The highest BCUT2D eigenvalue weighted by Crippen LogP contribution is 2.45. The Morgan fingerprint density at radius 3 is 1.41 bits per heavy atom. The van der Waals surface area contributed by atoms with E-state index in [4.69, 9.17) is 9.47 Å². The van der Waals surface area contributed by atoms with E-state index in [9.17, 15) is 19.8 Å². The number of ether oxygens (including phenoxy) is 2. The SMILES string of the molecule is CCOc1ccc2cc(C(=O)O)ccc2c1-c1c(OCC)ccc2cc(C(=O)O)ccc12. The number of hydrogen-bond acceptors (Lipinski definition) is 4. The summed E-state index contributed by atoms with van der Waals surface area (Å²) in [7, 11) is 0. The summed E-state index contributed by atoms with van der Waals surface area (Å²) in [4.78, 5) is 23.0. The van der Waals surface area contributed by atoms with Crippen molar-refractivity contribution in [2.24, 2.45) is 0 Å². The van der Waals surface area contributed by atoms with Gasteiger partial charge in [0.15, 0.2) is 0 Å². The Hall–Kier alpha value is -4.06. The molecule has 4 rings (SSSR count). The fourth-order valence-electron chi connectivity index (χ4n) is 3.95. The minimum absolute atomic E-state index is 0.196. The van der Waals surface area contributed by atoms with Crippen molar-refractivity contribution >= 4 is 33.5 Å². The van der Waals surface area contributed by atoms with E-state index in [1.165, 1.54) is 0 Å². The van der Waals surface area contributed by atoms with Crippen LogP contribution in [0.5, 0.6) is 11.5 Å². The van der Waals surface area contributed by atoms with Crippen LogP contribution >= 0.6 is 0 Å². The molecule has 2 N–H and O–H groups in total. The van der Waals surface area contributed by atoms with Crippen LogP contribution < -0.4 is 9.47 Å². The Morgan fingerprint density at radius 2 is 1.06 bits per heavy atom. The van der Waals surface area contributed by atoms with Crippen molar-refractivity contribution < 1.29 is 29.3 Å². The first-order chi connectivity index (χ1) is 15.4. The summed E-state index contributed by atoms with van der Waals surface area (Å²) in [6, 6.07) is 17.3. The highest BCUT2D eigenvalue weighted by molar-refractivity contribution is 6.11. The minimum Gasteiger partial charge on any atom is -0.493 e. The van der Waals surface area contributed by atoms with Gasteiger partial charge in [-0.1, -0.05) is 24.3 Å². The van der Waals surface area contributed by atoms with Crippen LogP contribution in [0.1, 0.15) is 34.6 Å². The van der Waals surface area contributed by atoms with E-state index in [1.807, 2.05) is 38.1 Å². The summed E-state index contributed by atoms with van der Waals surface area (Å²) in [5.74, 6) is -0.718. The molecule has 4 aromatic carbocycles. The van der Waals surface area contributed by atoms with Crippen LogP contribution in [0.2, 0.25) is 0 Å². The summed E-state index contributed by atoms with van der Waals surface area (Å²) in [5.41, 5.74) is 1.94. The van der Waals surface area contributed by atoms with E-state index in [-0.39, 0.29) is 11.1 Å². The van der Waals surface area contributed by atoms with E-state index in [1.54, 1.807) is 36.4 Å². The number of aromatic carboxylic acids is 2. The van der Waals surface area contributed by atoms with Gasteiger partial charge in [-0.25, -0.2) is 9.59 Å². The number of rotatable bonds is 7. The topological polar surface area (TPSA) is 93.1 Å². The maximum atomic E-state index is 11.5. The van der Waals surface area contributed by atoms with Gasteiger partial charge in [0.05, 0.1) is 24.3 Å². The molecule has 0 aliphatic rings. The first-order valence-corrected chi connectivity index (χ1v) is 10.3. The van der Waals surface area contributed by atoms with Crippen molar-refractivity contribution in [3.8, 4) is 22.6 Å². The highest BCUT2D eigenvalue weighted by atomic mass is 16.5. The second-order valence-corrected chi connectivity index (χ2v) is 7.23. The van der Waals surface area contributed by atoms with Crippen LogP contribution in [-0.4, -0.2) is 35.4 Å². The van der Waals surface area contributed by atoms with Gasteiger partial charge in [-0.2, -0.15) is 0 Å². The van der Waals surface area contributed by atoms with E-state index < -0.39 is 11.9 Å². The molecule has 6 nitrogen and oxygen atoms in total.